The van der Waals surface area contributed by atoms with Crippen molar-refractivity contribution in [2.24, 2.45) is 10.8 Å². The van der Waals surface area contributed by atoms with Crippen molar-refractivity contribution < 1.29 is 4.21 Å². The molecule has 0 spiro atoms. The molecular formula is C12H20OS. The van der Waals surface area contributed by atoms with Crippen molar-refractivity contribution in [3.05, 3.63) is 22.0 Å². The van der Waals surface area contributed by atoms with Gasteiger partial charge in [-0.1, -0.05) is 41.5 Å². The number of rotatable bonds is 0. The van der Waals surface area contributed by atoms with E-state index in [1.54, 1.807) is 0 Å². The maximum atomic E-state index is 11.8. The first kappa shape index (κ1) is 11.7. The predicted molar refractivity (Wildman–Crippen MR) is 63.2 cm³/mol. The van der Waals surface area contributed by atoms with Crippen molar-refractivity contribution in [2.45, 2.75) is 41.5 Å². The van der Waals surface area contributed by atoms with Crippen LogP contribution in [0, 0.1) is 10.8 Å². The summed E-state index contributed by atoms with van der Waals surface area (Å²) in [6.45, 7) is 12.8. The van der Waals surface area contributed by atoms with Gasteiger partial charge in [-0.2, -0.15) is 0 Å². The number of allylic oxidation sites excluding steroid dienone is 3. The highest BCUT2D eigenvalue weighted by Gasteiger charge is 2.29. The summed E-state index contributed by atoms with van der Waals surface area (Å²) in [4.78, 5) is 1.04. The van der Waals surface area contributed by atoms with E-state index in [1.807, 2.05) is 5.41 Å². The van der Waals surface area contributed by atoms with Gasteiger partial charge in [-0.05, 0) is 22.5 Å². The molecule has 1 aliphatic rings. The maximum Gasteiger partial charge on any atom is 0.0743 e. The van der Waals surface area contributed by atoms with Gasteiger partial charge in [0.15, 0.2) is 0 Å². The molecule has 0 saturated heterocycles. The highest BCUT2D eigenvalue weighted by molar-refractivity contribution is 7.92. The molecule has 1 atom stereocenters. The Morgan fingerprint density at radius 1 is 1.00 bits per heavy atom. The van der Waals surface area contributed by atoms with Gasteiger partial charge in [-0.3, -0.25) is 0 Å². The van der Waals surface area contributed by atoms with Crippen LogP contribution < -0.4 is 0 Å². The number of hydrogen-bond donors (Lipinski definition) is 0. The van der Waals surface area contributed by atoms with Crippen LogP contribution in [-0.2, 0) is 10.8 Å². The van der Waals surface area contributed by atoms with E-state index in [2.05, 4.69) is 47.6 Å². The molecule has 0 bridgehead atoms. The van der Waals surface area contributed by atoms with Crippen LogP contribution in [0.15, 0.2) is 22.0 Å². The maximum absolute atomic E-state index is 11.8. The zero-order valence-corrected chi connectivity index (χ0v) is 10.8. The second-order valence-electron chi connectivity index (χ2n) is 5.88. The molecular weight excluding hydrogens is 192 g/mol. The van der Waals surface area contributed by atoms with Crippen LogP contribution in [0.5, 0.6) is 0 Å². The van der Waals surface area contributed by atoms with Crippen LogP contribution >= 0.6 is 0 Å². The molecule has 14 heavy (non-hydrogen) atoms. The Bertz CT molecular complexity index is 306. The molecule has 1 heterocycles. The van der Waals surface area contributed by atoms with Crippen molar-refractivity contribution in [3.63, 3.8) is 0 Å². The molecule has 1 nitrogen and oxygen atoms in total. The van der Waals surface area contributed by atoms with Crippen molar-refractivity contribution in [1.82, 2.24) is 0 Å². The molecule has 0 aliphatic carbocycles. The van der Waals surface area contributed by atoms with Gasteiger partial charge in [0.1, 0.15) is 0 Å². The summed E-state index contributed by atoms with van der Waals surface area (Å²) in [6, 6.07) is 0. The lowest BCUT2D eigenvalue weighted by atomic mass is 9.85. The molecule has 2 heteroatoms. The fraction of sp³-hybridized carbons (Fsp3) is 0.667. The molecule has 0 aromatic heterocycles. The Balaban J connectivity index is 3.06. The Morgan fingerprint density at radius 2 is 1.50 bits per heavy atom. The fourth-order valence-electron chi connectivity index (χ4n) is 1.32. The zero-order chi connectivity index (χ0) is 11.1. The minimum atomic E-state index is -0.908. The van der Waals surface area contributed by atoms with E-state index in [9.17, 15) is 4.21 Å². The van der Waals surface area contributed by atoms with E-state index in [-0.39, 0.29) is 10.8 Å². The number of hydrogen-bond acceptors (Lipinski definition) is 1. The lowest BCUT2D eigenvalue weighted by Gasteiger charge is -2.20. The smallest absolute Gasteiger partial charge is 0.0743 e. The summed E-state index contributed by atoms with van der Waals surface area (Å²) < 4.78 is 11.8. The van der Waals surface area contributed by atoms with Gasteiger partial charge in [0, 0.05) is 10.3 Å². The van der Waals surface area contributed by atoms with E-state index in [1.165, 1.54) is 5.57 Å². The van der Waals surface area contributed by atoms with E-state index < -0.39 is 10.8 Å². The van der Waals surface area contributed by atoms with E-state index in [0.29, 0.717) is 0 Å². The predicted octanol–water partition coefficient (Wildman–Crippen LogP) is 3.61. The van der Waals surface area contributed by atoms with Gasteiger partial charge in [-0.25, -0.2) is 4.21 Å². The van der Waals surface area contributed by atoms with Gasteiger partial charge in [0.2, 0.25) is 0 Å². The minimum Gasteiger partial charge on any atom is -0.250 e. The van der Waals surface area contributed by atoms with Crippen molar-refractivity contribution >= 4 is 10.8 Å². The van der Waals surface area contributed by atoms with Crippen molar-refractivity contribution in [2.75, 3.05) is 0 Å². The average molecular weight is 212 g/mol. The minimum absolute atomic E-state index is 0.00829. The van der Waals surface area contributed by atoms with Crippen molar-refractivity contribution in [1.29, 1.82) is 0 Å². The summed E-state index contributed by atoms with van der Waals surface area (Å²) in [7, 11) is -0.908. The third-order valence-electron chi connectivity index (χ3n) is 2.34. The highest BCUT2D eigenvalue weighted by atomic mass is 32.2. The van der Waals surface area contributed by atoms with Crippen LogP contribution in [0.2, 0.25) is 0 Å². The largest absolute Gasteiger partial charge is 0.250 e. The Kier molecular flexibility index (Phi) is 2.79. The summed E-state index contributed by atoms with van der Waals surface area (Å²) in [6.07, 6.45) is 2.11. The second-order valence-corrected chi connectivity index (χ2v) is 7.15. The Morgan fingerprint density at radius 3 is 1.71 bits per heavy atom. The fourth-order valence-corrected chi connectivity index (χ4v) is 2.95. The van der Waals surface area contributed by atoms with Crippen LogP contribution in [0.4, 0.5) is 0 Å². The monoisotopic (exact) mass is 212 g/mol. The third kappa shape index (κ3) is 2.35. The molecule has 0 aromatic rings. The zero-order valence-electron chi connectivity index (χ0n) is 9.97. The first-order valence-corrected chi connectivity index (χ1v) is 6.19. The van der Waals surface area contributed by atoms with Crippen molar-refractivity contribution in [3.8, 4) is 0 Å². The Labute approximate surface area is 89.7 Å². The van der Waals surface area contributed by atoms with Crippen LogP contribution in [-0.4, -0.2) is 4.21 Å². The average Bonchev–Trinajstić information content (AvgIpc) is 2.27. The SMILES string of the molecule is CC(C)(C)C1=CS(=O)C(C(C)(C)C)=C1. The topological polar surface area (TPSA) is 17.1 Å². The molecule has 0 fully saturated rings. The van der Waals surface area contributed by atoms with Crippen LogP contribution in [0.3, 0.4) is 0 Å². The third-order valence-corrected chi connectivity index (χ3v) is 3.97. The molecule has 1 aliphatic heterocycles. The molecule has 1 rings (SSSR count). The summed E-state index contributed by atoms with van der Waals surface area (Å²) in [5.74, 6) is 0. The molecule has 0 saturated carbocycles. The quantitative estimate of drug-likeness (QED) is 0.599. The van der Waals surface area contributed by atoms with Crippen LogP contribution in [0.1, 0.15) is 41.5 Å². The van der Waals surface area contributed by atoms with Gasteiger partial charge in [0.25, 0.3) is 0 Å². The molecule has 1 unspecified atom stereocenters. The summed E-state index contributed by atoms with van der Waals surface area (Å²) >= 11 is 0. The highest BCUT2D eigenvalue weighted by Crippen LogP contribution is 2.39. The van der Waals surface area contributed by atoms with Gasteiger partial charge in [-0.15, -0.1) is 0 Å². The Hall–Kier alpha value is -0.370. The van der Waals surface area contributed by atoms with Crippen LogP contribution in [0.25, 0.3) is 0 Å². The molecule has 0 N–H and O–H groups in total. The first-order chi connectivity index (χ1) is 6.12. The lowest BCUT2D eigenvalue weighted by molar-refractivity contribution is 0.509. The molecule has 0 aromatic carbocycles. The summed E-state index contributed by atoms with van der Waals surface area (Å²) in [5.41, 5.74) is 1.30. The lowest BCUT2D eigenvalue weighted by Crippen LogP contribution is -2.11. The second kappa shape index (κ2) is 3.34. The van der Waals surface area contributed by atoms with E-state index >= 15 is 0 Å². The molecule has 80 valence electrons. The normalized spacial score (nSPS) is 23.4. The van der Waals surface area contributed by atoms with E-state index in [4.69, 9.17) is 0 Å². The molecule has 0 amide bonds. The standard InChI is InChI=1S/C12H20OS/c1-11(2,3)9-7-10(12(4,5)6)14(13)8-9/h7-8H,1-6H3. The van der Waals surface area contributed by atoms with E-state index in [0.717, 1.165) is 4.91 Å². The van der Waals surface area contributed by atoms with Gasteiger partial charge >= 0.3 is 0 Å². The molecule has 0 radical (unpaired) electrons. The van der Waals surface area contributed by atoms with Gasteiger partial charge in [0.05, 0.1) is 10.8 Å². The summed E-state index contributed by atoms with van der Waals surface area (Å²) in [5, 5.41) is 1.89. The van der Waals surface area contributed by atoms with Gasteiger partial charge < -0.3 is 0 Å². The first-order valence-electron chi connectivity index (χ1n) is 4.97.